The minimum absolute atomic E-state index is 0.512. The van der Waals surface area contributed by atoms with Crippen LogP contribution in [0.5, 0.6) is 17.2 Å². The monoisotopic (exact) mass is 369 g/mol. The Labute approximate surface area is 155 Å². The van der Waals surface area contributed by atoms with E-state index in [1.165, 1.54) is 11.3 Å². The van der Waals surface area contributed by atoms with Crippen LogP contribution in [-0.2, 0) is 0 Å². The Morgan fingerprint density at radius 3 is 2.19 bits per heavy atom. The summed E-state index contributed by atoms with van der Waals surface area (Å²) in [7, 11) is 4.69. The van der Waals surface area contributed by atoms with Crippen molar-refractivity contribution in [3.8, 4) is 27.8 Å². The molecule has 7 heteroatoms. The molecule has 6 nitrogen and oxygen atoms in total. The first-order chi connectivity index (χ1) is 12.7. The van der Waals surface area contributed by atoms with Gasteiger partial charge in [0.05, 0.1) is 21.3 Å². The van der Waals surface area contributed by atoms with E-state index in [2.05, 4.69) is 10.1 Å². The molecule has 0 aliphatic rings. The molecule has 0 bridgehead atoms. The summed E-state index contributed by atoms with van der Waals surface area (Å²) in [6, 6.07) is 13.6. The average molecular weight is 369 g/mol. The molecule has 26 heavy (non-hydrogen) atoms. The van der Waals surface area contributed by atoms with Crippen LogP contribution in [0, 0.1) is 0 Å². The van der Waals surface area contributed by atoms with Crippen LogP contribution < -0.4 is 20.1 Å². The Kier molecular flexibility index (Phi) is 5.38. The molecule has 0 fully saturated rings. The van der Waals surface area contributed by atoms with Crippen molar-refractivity contribution < 1.29 is 14.2 Å². The quantitative estimate of drug-likeness (QED) is 0.408. The number of thiazole rings is 1. The Hall–Kier alpha value is -3.06. The molecule has 0 radical (unpaired) electrons. The molecule has 0 aliphatic heterocycles. The highest BCUT2D eigenvalue weighted by Crippen LogP contribution is 2.39. The van der Waals surface area contributed by atoms with Gasteiger partial charge in [0.15, 0.2) is 11.5 Å². The van der Waals surface area contributed by atoms with Crippen LogP contribution in [0.3, 0.4) is 0 Å². The number of rotatable bonds is 6. The maximum Gasteiger partial charge on any atom is 0.203 e. The van der Waals surface area contributed by atoms with Crippen molar-refractivity contribution in [1.29, 1.82) is 0 Å². The van der Waals surface area contributed by atoms with Crippen LogP contribution in [0.2, 0.25) is 0 Å². The summed E-state index contributed by atoms with van der Waals surface area (Å²) in [6.45, 7) is 0. The van der Waals surface area contributed by atoms with Gasteiger partial charge in [0.1, 0.15) is 16.4 Å². The van der Waals surface area contributed by atoms with E-state index in [1.54, 1.807) is 33.5 Å². The largest absolute Gasteiger partial charge is 0.493 e. The summed E-state index contributed by atoms with van der Waals surface area (Å²) in [6.07, 6.45) is 0. The van der Waals surface area contributed by atoms with Crippen molar-refractivity contribution in [2.75, 3.05) is 21.3 Å². The lowest BCUT2D eigenvalue weighted by Gasteiger charge is -2.14. The predicted octanol–water partition coefficient (Wildman–Crippen LogP) is 3.55. The molecule has 0 unspecified atom stereocenters. The number of ether oxygens (including phenoxy) is 3. The summed E-state index contributed by atoms with van der Waals surface area (Å²) < 4.78 is 16.2. The highest BCUT2D eigenvalue weighted by atomic mass is 32.1. The number of benzene rings is 2. The van der Waals surface area contributed by atoms with Gasteiger partial charge in [0, 0.05) is 16.5 Å². The van der Waals surface area contributed by atoms with Gasteiger partial charge in [0.25, 0.3) is 0 Å². The van der Waals surface area contributed by atoms with Crippen molar-refractivity contribution in [3.05, 3.63) is 59.1 Å². The first-order valence-electron chi connectivity index (χ1n) is 7.81. The lowest BCUT2D eigenvalue weighted by molar-refractivity contribution is 0.324. The zero-order chi connectivity index (χ0) is 18.5. The molecular weight excluding hydrogens is 350 g/mol. The molecule has 0 atom stereocenters. The number of nitrogens with zero attached hydrogens (tertiary/aromatic N) is 2. The zero-order valence-electron chi connectivity index (χ0n) is 14.7. The standard InChI is InChI=1S/C19H19N3O3S/c1-23-15-9-13(10-16(24-2)18(15)25-3)17(22-20)14-11-26-19(21-14)12-7-5-4-6-8-12/h4-11H,20H2,1-3H3. The molecule has 2 aromatic carbocycles. The van der Waals surface area contributed by atoms with Crippen LogP contribution in [0.25, 0.3) is 10.6 Å². The van der Waals surface area contributed by atoms with Gasteiger partial charge in [0.2, 0.25) is 5.75 Å². The number of hydrogen-bond donors (Lipinski definition) is 1. The Morgan fingerprint density at radius 2 is 1.65 bits per heavy atom. The molecule has 1 heterocycles. The van der Waals surface area contributed by atoms with E-state index in [-0.39, 0.29) is 0 Å². The highest BCUT2D eigenvalue weighted by Gasteiger charge is 2.19. The molecule has 134 valence electrons. The molecule has 2 N–H and O–H groups in total. The summed E-state index contributed by atoms with van der Waals surface area (Å²) in [5.74, 6) is 7.25. The predicted molar refractivity (Wildman–Crippen MR) is 103 cm³/mol. The zero-order valence-corrected chi connectivity index (χ0v) is 15.5. The van der Waals surface area contributed by atoms with E-state index in [0.717, 1.165) is 16.1 Å². The van der Waals surface area contributed by atoms with Crippen molar-refractivity contribution >= 4 is 17.0 Å². The number of aromatic nitrogens is 1. The fourth-order valence-corrected chi connectivity index (χ4v) is 3.41. The van der Waals surface area contributed by atoms with E-state index >= 15 is 0 Å². The number of hydrazone groups is 1. The topological polar surface area (TPSA) is 79.0 Å². The van der Waals surface area contributed by atoms with Gasteiger partial charge in [-0.15, -0.1) is 11.3 Å². The minimum atomic E-state index is 0.512. The maximum absolute atomic E-state index is 5.68. The van der Waals surface area contributed by atoms with E-state index < -0.39 is 0 Å². The normalized spacial score (nSPS) is 11.3. The van der Waals surface area contributed by atoms with Gasteiger partial charge in [-0.05, 0) is 12.1 Å². The number of methoxy groups -OCH3 is 3. The van der Waals surface area contributed by atoms with Crippen LogP contribution in [0.15, 0.2) is 52.9 Å². The van der Waals surface area contributed by atoms with Crippen LogP contribution in [-0.4, -0.2) is 32.0 Å². The Morgan fingerprint density at radius 1 is 1.00 bits per heavy atom. The van der Waals surface area contributed by atoms with E-state index in [4.69, 9.17) is 20.1 Å². The van der Waals surface area contributed by atoms with Crippen LogP contribution in [0.4, 0.5) is 0 Å². The first-order valence-corrected chi connectivity index (χ1v) is 8.69. The second kappa shape index (κ2) is 7.88. The lowest BCUT2D eigenvalue weighted by atomic mass is 10.1. The third-order valence-electron chi connectivity index (χ3n) is 3.83. The first kappa shape index (κ1) is 17.8. The lowest BCUT2D eigenvalue weighted by Crippen LogP contribution is -2.08. The second-order valence-electron chi connectivity index (χ2n) is 5.30. The van der Waals surface area contributed by atoms with Gasteiger partial charge in [-0.3, -0.25) is 0 Å². The highest BCUT2D eigenvalue weighted by molar-refractivity contribution is 7.13. The number of hydrogen-bond acceptors (Lipinski definition) is 7. The Bertz CT molecular complexity index is 898. The van der Waals surface area contributed by atoms with Gasteiger partial charge in [-0.25, -0.2) is 4.98 Å². The molecular formula is C19H19N3O3S. The second-order valence-corrected chi connectivity index (χ2v) is 6.15. The van der Waals surface area contributed by atoms with Gasteiger partial charge >= 0.3 is 0 Å². The van der Waals surface area contributed by atoms with E-state index in [9.17, 15) is 0 Å². The maximum atomic E-state index is 5.68. The molecule has 3 rings (SSSR count). The minimum Gasteiger partial charge on any atom is -0.493 e. The SMILES string of the molecule is COc1cc(C(=NN)c2csc(-c3ccccc3)n2)cc(OC)c1OC. The summed E-state index contributed by atoms with van der Waals surface area (Å²) >= 11 is 1.53. The van der Waals surface area contributed by atoms with Gasteiger partial charge in [-0.2, -0.15) is 5.10 Å². The third-order valence-corrected chi connectivity index (χ3v) is 4.73. The van der Waals surface area contributed by atoms with Gasteiger partial charge < -0.3 is 20.1 Å². The van der Waals surface area contributed by atoms with E-state index in [0.29, 0.717) is 28.7 Å². The molecule has 0 aliphatic carbocycles. The molecule has 3 aromatic rings. The van der Waals surface area contributed by atoms with Gasteiger partial charge in [-0.1, -0.05) is 30.3 Å². The summed E-state index contributed by atoms with van der Waals surface area (Å²) in [5.41, 5.74) is 3.00. The fraction of sp³-hybridized carbons (Fsp3) is 0.158. The Balaban J connectivity index is 2.04. The third kappa shape index (κ3) is 3.34. The van der Waals surface area contributed by atoms with Crippen LogP contribution in [0.1, 0.15) is 11.3 Å². The summed E-state index contributed by atoms with van der Waals surface area (Å²) in [4.78, 5) is 4.68. The van der Waals surface area contributed by atoms with E-state index in [1.807, 2.05) is 35.7 Å². The molecule has 1 aromatic heterocycles. The van der Waals surface area contributed by atoms with Crippen molar-refractivity contribution in [2.24, 2.45) is 10.9 Å². The fourth-order valence-electron chi connectivity index (χ4n) is 2.60. The molecule has 0 saturated heterocycles. The van der Waals surface area contributed by atoms with Crippen molar-refractivity contribution in [1.82, 2.24) is 4.98 Å². The molecule has 0 saturated carbocycles. The summed E-state index contributed by atoms with van der Waals surface area (Å²) in [5, 5.41) is 6.78. The van der Waals surface area contributed by atoms with Crippen molar-refractivity contribution in [2.45, 2.75) is 0 Å². The smallest absolute Gasteiger partial charge is 0.203 e. The van der Waals surface area contributed by atoms with Crippen LogP contribution >= 0.6 is 11.3 Å². The van der Waals surface area contributed by atoms with Crippen molar-refractivity contribution in [3.63, 3.8) is 0 Å². The average Bonchev–Trinajstić information content (AvgIpc) is 3.18. The molecule has 0 amide bonds. The molecule has 0 spiro atoms. The number of nitrogens with two attached hydrogens (primary N) is 1.